The SMILES string of the molecule is CCCC(C)NS(=O)(=O)c1cc(CNC(C)C)sc1Br. The van der Waals surface area contributed by atoms with Gasteiger partial charge in [-0.2, -0.15) is 0 Å². The Kier molecular flexibility index (Phi) is 7.14. The molecule has 1 unspecified atom stereocenters. The van der Waals surface area contributed by atoms with Crippen LogP contribution in [0.15, 0.2) is 14.7 Å². The Morgan fingerprint density at radius 3 is 2.55 bits per heavy atom. The first kappa shape index (κ1) is 18.1. The Hall–Kier alpha value is 0.0500. The summed E-state index contributed by atoms with van der Waals surface area (Å²) in [5.41, 5.74) is 0. The first-order valence-electron chi connectivity index (χ1n) is 6.80. The summed E-state index contributed by atoms with van der Waals surface area (Å²) in [7, 11) is -3.44. The van der Waals surface area contributed by atoms with E-state index in [9.17, 15) is 8.42 Å². The molecule has 7 heteroatoms. The molecular weight excluding hydrogens is 360 g/mol. The van der Waals surface area contributed by atoms with Gasteiger partial charge >= 0.3 is 0 Å². The Labute approximate surface area is 134 Å². The molecule has 1 heterocycles. The van der Waals surface area contributed by atoms with Crippen LogP contribution in [-0.2, 0) is 16.6 Å². The van der Waals surface area contributed by atoms with Crippen LogP contribution < -0.4 is 10.0 Å². The van der Waals surface area contributed by atoms with E-state index < -0.39 is 10.0 Å². The molecule has 1 atom stereocenters. The van der Waals surface area contributed by atoms with Crippen LogP contribution in [0.25, 0.3) is 0 Å². The average molecular weight is 383 g/mol. The lowest BCUT2D eigenvalue weighted by molar-refractivity contribution is 0.543. The van der Waals surface area contributed by atoms with Crippen LogP contribution in [0, 0.1) is 0 Å². The van der Waals surface area contributed by atoms with E-state index >= 15 is 0 Å². The summed E-state index contributed by atoms with van der Waals surface area (Å²) in [5.74, 6) is 0. The highest BCUT2D eigenvalue weighted by molar-refractivity contribution is 9.11. The van der Waals surface area contributed by atoms with Crippen LogP contribution >= 0.6 is 27.3 Å². The lowest BCUT2D eigenvalue weighted by Gasteiger charge is -2.12. The summed E-state index contributed by atoms with van der Waals surface area (Å²) in [6.07, 6.45) is 1.79. The van der Waals surface area contributed by atoms with Crippen LogP contribution in [0.5, 0.6) is 0 Å². The van der Waals surface area contributed by atoms with Crippen LogP contribution in [0.3, 0.4) is 0 Å². The van der Waals surface area contributed by atoms with Crippen molar-refractivity contribution >= 4 is 37.3 Å². The van der Waals surface area contributed by atoms with Crippen molar-refractivity contribution in [2.75, 3.05) is 0 Å². The summed E-state index contributed by atoms with van der Waals surface area (Å²) >= 11 is 4.82. The third kappa shape index (κ3) is 5.44. The summed E-state index contributed by atoms with van der Waals surface area (Å²) in [6.45, 7) is 8.74. The van der Waals surface area contributed by atoms with Crippen molar-refractivity contribution in [1.29, 1.82) is 0 Å². The number of thiophene rings is 1. The van der Waals surface area contributed by atoms with E-state index in [-0.39, 0.29) is 6.04 Å². The fourth-order valence-electron chi connectivity index (χ4n) is 1.79. The highest BCUT2D eigenvalue weighted by atomic mass is 79.9. The molecule has 1 aromatic rings. The Balaban J connectivity index is 2.84. The maximum atomic E-state index is 12.3. The molecular formula is C13H23BrN2O2S2. The van der Waals surface area contributed by atoms with Gasteiger partial charge in [-0.25, -0.2) is 13.1 Å². The van der Waals surface area contributed by atoms with Gasteiger partial charge in [-0.3, -0.25) is 0 Å². The number of rotatable bonds is 8. The third-order valence-electron chi connectivity index (χ3n) is 2.76. The van der Waals surface area contributed by atoms with E-state index in [1.54, 1.807) is 6.07 Å². The molecule has 4 nitrogen and oxygen atoms in total. The second-order valence-corrected chi connectivity index (χ2v) is 9.33. The van der Waals surface area contributed by atoms with Gasteiger partial charge < -0.3 is 5.32 Å². The van der Waals surface area contributed by atoms with Gasteiger partial charge in [0.2, 0.25) is 10.0 Å². The van der Waals surface area contributed by atoms with Gasteiger partial charge in [0.05, 0.1) is 3.79 Å². The van der Waals surface area contributed by atoms with E-state index in [0.29, 0.717) is 21.3 Å². The van der Waals surface area contributed by atoms with Gasteiger partial charge in [0.15, 0.2) is 0 Å². The van der Waals surface area contributed by atoms with Gasteiger partial charge in [0, 0.05) is 23.5 Å². The minimum Gasteiger partial charge on any atom is -0.310 e. The normalized spacial score (nSPS) is 13.9. The van der Waals surface area contributed by atoms with Crippen molar-refractivity contribution in [3.63, 3.8) is 0 Å². The quantitative estimate of drug-likeness (QED) is 0.723. The van der Waals surface area contributed by atoms with Gasteiger partial charge in [-0.1, -0.05) is 27.2 Å². The zero-order valence-electron chi connectivity index (χ0n) is 12.4. The molecule has 0 radical (unpaired) electrons. The minimum absolute atomic E-state index is 0.0472. The third-order valence-corrected chi connectivity index (χ3v) is 6.60. The van der Waals surface area contributed by atoms with E-state index in [2.05, 4.69) is 39.8 Å². The van der Waals surface area contributed by atoms with Crippen molar-refractivity contribution in [2.45, 2.75) is 64.1 Å². The fourth-order valence-corrected chi connectivity index (χ4v) is 5.70. The molecule has 0 aliphatic rings. The molecule has 0 fully saturated rings. The largest absolute Gasteiger partial charge is 0.310 e. The highest BCUT2D eigenvalue weighted by Crippen LogP contribution is 2.31. The van der Waals surface area contributed by atoms with Gasteiger partial charge in [-0.05, 0) is 35.3 Å². The molecule has 20 heavy (non-hydrogen) atoms. The maximum absolute atomic E-state index is 12.3. The second-order valence-electron chi connectivity index (χ2n) is 5.20. The van der Waals surface area contributed by atoms with Crippen molar-refractivity contribution in [3.05, 3.63) is 14.7 Å². The van der Waals surface area contributed by atoms with Crippen molar-refractivity contribution in [1.82, 2.24) is 10.0 Å². The molecule has 0 bridgehead atoms. The number of nitrogens with one attached hydrogen (secondary N) is 2. The molecule has 0 aliphatic heterocycles. The second kappa shape index (κ2) is 7.89. The van der Waals surface area contributed by atoms with Crippen molar-refractivity contribution in [2.24, 2.45) is 0 Å². The first-order chi connectivity index (χ1) is 9.26. The number of hydrogen-bond donors (Lipinski definition) is 2. The Bertz CT molecular complexity index is 526. The summed E-state index contributed by atoms with van der Waals surface area (Å²) in [6, 6.07) is 2.07. The van der Waals surface area contributed by atoms with Gasteiger partial charge in [0.1, 0.15) is 4.90 Å². The van der Waals surface area contributed by atoms with E-state index in [0.717, 1.165) is 17.7 Å². The lowest BCUT2D eigenvalue weighted by Crippen LogP contribution is -2.32. The van der Waals surface area contributed by atoms with Gasteiger partial charge in [0.25, 0.3) is 0 Å². The van der Waals surface area contributed by atoms with Crippen LogP contribution in [-0.4, -0.2) is 20.5 Å². The topological polar surface area (TPSA) is 58.2 Å². The van der Waals surface area contributed by atoms with Crippen LogP contribution in [0.4, 0.5) is 0 Å². The smallest absolute Gasteiger partial charge is 0.242 e. The molecule has 0 saturated heterocycles. The molecule has 0 amide bonds. The standard InChI is InChI=1S/C13H23BrN2O2S2/c1-5-6-10(4)16-20(17,18)12-7-11(19-13(12)14)8-15-9(2)3/h7,9-10,15-16H,5-6,8H2,1-4H3. The van der Waals surface area contributed by atoms with Crippen molar-refractivity contribution < 1.29 is 8.42 Å². The van der Waals surface area contributed by atoms with E-state index in [1.165, 1.54) is 11.3 Å². The molecule has 1 aromatic heterocycles. The maximum Gasteiger partial charge on any atom is 0.242 e. The van der Waals surface area contributed by atoms with Crippen LogP contribution in [0.1, 0.15) is 45.4 Å². The Morgan fingerprint density at radius 1 is 1.35 bits per heavy atom. The lowest BCUT2D eigenvalue weighted by atomic mass is 10.2. The van der Waals surface area contributed by atoms with E-state index in [1.807, 2.05) is 13.8 Å². The molecule has 1 rings (SSSR count). The fraction of sp³-hybridized carbons (Fsp3) is 0.692. The number of sulfonamides is 1. The number of hydrogen-bond acceptors (Lipinski definition) is 4. The highest BCUT2D eigenvalue weighted by Gasteiger charge is 2.22. The predicted molar refractivity (Wildman–Crippen MR) is 88.7 cm³/mol. The summed E-state index contributed by atoms with van der Waals surface area (Å²) < 4.78 is 28.1. The van der Waals surface area contributed by atoms with Crippen LogP contribution in [0.2, 0.25) is 0 Å². The summed E-state index contributed by atoms with van der Waals surface area (Å²) in [5, 5.41) is 3.29. The molecule has 2 N–H and O–H groups in total. The van der Waals surface area contributed by atoms with Gasteiger partial charge in [-0.15, -0.1) is 11.3 Å². The zero-order chi connectivity index (χ0) is 15.3. The Morgan fingerprint density at radius 2 is 2.00 bits per heavy atom. The molecule has 0 aliphatic carbocycles. The monoisotopic (exact) mass is 382 g/mol. The average Bonchev–Trinajstić information content (AvgIpc) is 2.68. The molecule has 116 valence electrons. The molecule has 0 aromatic carbocycles. The van der Waals surface area contributed by atoms with E-state index in [4.69, 9.17) is 0 Å². The first-order valence-corrected chi connectivity index (χ1v) is 9.89. The minimum atomic E-state index is -3.44. The number of halogens is 1. The molecule has 0 spiro atoms. The van der Waals surface area contributed by atoms with Crippen molar-refractivity contribution in [3.8, 4) is 0 Å². The predicted octanol–water partition coefficient (Wildman–Crippen LogP) is 3.48. The molecule has 0 saturated carbocycles. The summed E-state index contributed by atoms with van der Waals surface area (Å²) in [4.78, 5) is 1.35. The zero-order valence-corrected chi connectivity index (χ0v) is 15.6.